The van der Waals surface area contributed by atoms with Gasteiger partial charge in [0.1, 0.15) is 11.4 Å². The summed E-state index contributed by atoms with van der Waals surface area (Å²) in [5, 5.41) is 7.04. The van der Waals surface area contributed by atoms with E-state index in [9.17, 15) is 0 Å². The van der Waals surface area contributed by atoms with Gasteiger partial charge in [0.25, 0.3) is 0 Å². The Bertz CT molecular complexity index is 676. The van der Waals surface area contributed by atoms with E-state index in [1.807, 2.05) is 30.7 Å². The van der Waals surface area contributed by atoms with E-state index in [0.29, 0.717) is 0 Å². The molecule has 0 atom stereocenters. The quantitative estimate of drug-likeness (QED) is 0.688. The zero-order valence-corrected chi connectivity index (χ0v) is 13.3. The third kappa shape index (κ3) is 3.42. The monoisotopic (exact) mass is 301 g/mol. The van der Waals surface area contributed by atoms with Crippen molar-refractivity contribution < 1.29 is 4.74 Å². The maximum absolute atomic E-state index is 5.98. The molecule has 1 N–H and O–H groups in total. The van der Waals surface area contributed by atoms with Gasteiger partial charge in [-0.2, -0.15) is 5.10 Å². The number of nitrogens with one attached hydrogen (secondary N) is 1. The van der Waals surface area contributed by atoms with Crippen LogP contribution in [0.3, 0.4) is 0 Å². The number of hydrazone groups is 1. The Hall–Kier alpha value is -1.88. The predicted octanol–water partition coefficient (Wildman–Crippen LogP) is 4.00. The van der Waals surface area contributed by atoms with Gasteiger partial charge in [0.05, 0.1) is 11.9 Å². The summed E-state index contributed by atoms with van der Waals surface area (Å²) in [4.78, 5) is 4.30. The lowest BCUT2D eigenvalue weighted by molar-refractivity contribution is 0.0847. The Morgan fingerprint density at radius 3 is 3.05 bits per heavy atom. The van der Waals surface area contributed by atoms with Crippen LogP contribution < -0.4 is 10.2 Å². The fourth-order valence-electron chi connectivity index (χ4n) is 2.33. The van der Waals surface area contributed by atoms with Crippen molar-refractivity contribution in [2.75, 3.05) is 5.43 Å². The molecule has 1 aromatic carbocycles. The molecule has 0 fully saturated rings. The van der Waals surface area contributed by atoms with Crippen LogP contribution in [0.2, 0.25) is 0 Å². The van der Waals surface area contributed by atoms with E-state index < -0.39 is 0 Å². The molecule has 2 aromatic rings. The summed E-state index contributed by atoms with van der Waals surface area (Å²) in [5.41, 5.74) is 6.22. The van der Waals surface area contributed by atoms with Crippen molar-refractivity contribution in [1.82, 2.24) is 4.98 Å². The van der Waals surface area contributed by atoms with Crippen LogP contribution in [-0.2, 0) is 6.42 Å². The molecular weight excluding hydrogens is 282 g/mol. The van der Waals surface area contributed by atoms with Crippen molar-refractivity contribution in [3.63, 3.8) is 0 Å². The summed E-state index contributed by atoms with van der Waals surface area (Å²) in [6.45, 7) is 6.23. The van der Waals surface area contributed by atoms with Crippen LogP contribution in [0.1, 0.15) is 37.1 Å². The molecule has 0 aliphatic carbocycles. The lowest BCUT2D eigenvalue weighted by Crippen LogP contribution is -2.32. The normalized spacial score (nSPS) is 16.5. The zero-order chi connectivity index (χ0) is 14.9. The average Bonchev–Trinajstić information content (AvgIpc) is 2.84. The SMILES string of the molecule is Cc1csc(NN=Cc2ccc3c(c2)CCC(C)(C)O3)n1. The van der Waals surface area contributed by atoms with Gasteiger partial charge >= 0.3 is 0 Å². The number of hydrogen-bond acceptors (Lipinski definition) is 5. The number of benzene rings is 1. The highest BCUT2D eigenvalue weighted by molar-refractivity contribution is 7.13. The van der Waals surface area contributed by atoms with Crippen LogP contribution in [-0.4, -0.2) is 16.8 Å². The number of thiazole rings is 1. The van der Waals surface area contributed by atoms with Crippen molar-refractivity contribution in [1.29, 1.82) is 0 Å². The molecule has 0 unspecified atom stereocenters. The van der Waals surface area contributed by atoms with Gasteiger partial charge in [-0.15, -0.1) is 11.3 Å². The Morgan fingerprint density at radius 1 is 1.43 bits per heavy atom. The number of rotatable bonds is 3. The van der Waals surface area contributed by atoms with E-state index in [0.717, 1.165) is 35.0 Å². The molecule has 0 spiro atoms. The molecule has 1 aromatic heterocycles. The smallest absolute Gasteiger partial charge is 0.203 e. The van der Waals surface area contributed by atoms with Gasteiger partial charge in [0, 0.05) is 5.38 Å². The second-order valence-electron chi connectivity index (χ2n) is 5.89. The molecule has 110 valence electrons. The highest BCUT2D eigenvalue weighted by Gasteiger charge is 2.26. The molecule has 3 rings (SSSR count). The summed E-state index contributed by atoms with van der Waals surface area (Å²) < 4.78 is 5.98. The molecule has 5 heteroatoms. The van der Waals surface area contributed by atoms with E-state index in [1.165, 1.54) is 5.56 Å². The molecule has 0 radical (unpaired) electrons. The molecular formula is C16H19N3OS. The van der Waals surface area contributed by atoms with Gasteiger partial charge in [0.2, 0.25) is 5.13 Å². The minimum absolute atomic E-state index is 0.0626. The number of hydrogen-bond donors (Lipinski definition) is 1. The molecule has 0 saturated carbocycles. The first-order chi connectivity index (χ1) is 10.0. The molecule has 21 heavy (non-hydrogen) atoms. The van der Waals surface area contributed by atoms with Crippen molar-refractivity contribution in [2.45, 2.75) is 39.2 Å². The second kappa shape index (κ2) is 5.48. The van der Waals surface area contributed by atoms with Gasteiger partial charge in [-0.3, -0.25) is 5.43 Å². The van der Waals surface area contributed by atoms with E-state index in [-0.39, 0.29) is 5.60 Å². The first kappa shape index (κ1) is 14.1. The van der Waals surface area contributed by atoms with Gasteiger partial charge in [0.15, 0.2) is 0 Å². The maximum atomic E-state index is 5.98. The second-order valence-corrected chi connectivity index (χ2v) is 6.75. The molecule has 0 bridgehead atoms. The lowest BCUT2D eigenvalue weighted by atomic mass is 9.93. The highest BCUT2D eigenvalue weighted by atomic mass is 32.1. The predicted molar refractivity (Wildman–Crippen MR) is 87.5 cm³/mol. The van der Waals surface area contributed by atoms with Crippen molar-refractivity contribution in [3.8, 4) is 5.75 Å². The first-order valence-corrected chi connectivity index (χ1v) is 7.93. The molecule has 0 saturated heterocycles. The molecule has 0 amide bonds. The Morgan fingerprint density at radius 2 is 2.29 bits per heavy atom. The fraction of sp³-hybridized carbons (Fsp3) is 0.375. The van der Waals surface area contributed by atoms with Gasteiger partial charge in [-0.1, -0.05) is 0 Å². The Kier molecular flexibility index (Phi) is 3.68. The summed E-state index contributed by atoms with van der Waals surface area (Å²) in [5.74, 6) is 0.993. The number of ether oxygens (including phenoxy) is 1. The van der Waals surface area contributed by atoms with E-state index in [2.05, 4.69) is 35.4 Å². The number of fused-ring (bicyclic) bond motifs is 1. The first-order valence-electron chi connectivity index (χ1n) is 7.05. The Balaban J connectivity index is 1.70. The number of aromatic nitrogens is 1. The largest absolute Gasteiger partial charge is 0.488 e. The Labute approximate surface area is 128 Å². The van der Waals surface area contributed by atoms with E-state index in [4.69, 9.17) is 4.74 Å². The lowest BCUT2D eigenvalue weighted by Gasteiger charge is -2.32. The van der Waals surface area contributed by atoms with Crippen LogP contribution in [0.5, 0.6) is 5.75 Å². The maximum Gasteiger partial charge on any atom is 0.203 e. The fourth-order valence-corrected chi connectivity index (χ4v) is 2.96. The summed E-state index contributed by atoms with van der Waals surface area (Å²) >= 11 is 1.55. The minimum Gasteiger partial charge on any atom is -0.488 e. The van der Waals surface area contributed by atoms with E-state index >= 15 is 0 Å². The van der Waals surface area contributed by atoms with Crippen LogP contribution in [0, 0.1) is 6.92 Å². The number of nitrogens with zero attached hydrogens (tertiary/aromatic N) is 2. The van der Waals surface area contributed by atoms with Crippen molar-refractivity contribution in [3.05, 3.63) is 40.4 Å². The average molecular weight is 301 g/mol. The molecule has 1 aliphatic heterocycles. The van der Waals surface area contributed by atoms with Gasteiger partial charge in [-0.05, 0) is 62.9 Å². The van der Waals surface area contributed by atoms with Crippen LogP contribution in [0.15, 0.2) is 28.7 Å². The standard InChI is InChI=1S/C16H19N3OS/c1-11-10-21-15(18-11)19-17-9-12-4-5-14-13(8-12)6-7-16(2,3)20-14/h4-5,8-10H,6-7H2,1-3H3,(H,18,19). The zero-order valence-electron chi connectivity index (χ0n) is 12.5. The minimum atomic E-state index is -0.0626. The van der Waals surface area contributed by atoms with Crippen LogP contribution >= 0.6 is 11.3 Å². The van der Waals surface area contributed by atoms with Gasteiger partial charge in [-0.25, -0.2) is 4.98 Å². The summed E-state index contributed by atoms with van der Waals surface area (Å²) in [6.07, 6.45) is 3.90. The number of anilines is 1. The number of aryl methyl sites for hydroxylation is 2. The molecule has 1 aliphatic rings. The summed E-state index contributed by atoms with van der Waals surface area (Å²) in [7, 11) is 0. The highest BCUT2D eigenvalue weighted by Crippen LogP contribution is 2.33. The van der Waals surface area contributed by atoms with Crippen LogP contribution in [0.4, 0.5) is 5.13 Å². The van der Waals surface area contributed by atoms with Crippen molar-refractivity contribution in [2.24, 2.45) is 5.10 Å². The third-order valence-corrected chi connectivity index (χ3v) is 4.32. The van der Waals surface area contributed by atoms with Crippen molar-refractivity contribution >= 4 is 22.7 Å². The molecule has 2 heterocycles. The molecule has 4 nitrogen and oxygen atoms in total. The topological polar surface area (TPSA) is 46.5 Å². The van der Waals surface area contributed by atoms with Crippen LogP contribution in [0.25, 0.3) is 0 Å². The van der Waals surface area contributed by atoms with E-state index in [1.54, 1.807) is 11.3 Å². The van der Waals surface area contributed by atoms with Gasteiger partial charge < -0.3 is 4.74 Å². The summed E-state index contributed by atoms with van der Waals surface area (Å²) in [6, 6.07) is 6.20. The third-order valence-electron chi connectivity index (χ3n) is 3.46.